The Morgan fingerprint density at radius 1 is 0.864 bits per heavy atom. The Balaban J connectivity index is 0.000000561. The smallest absolute Gasteiger partial charge is 0.131 e. The van der Waals surface area contributed by atoms with Gasteiger partial charge in [-0.1, -0.05) is 71.0 Å². The van der Waals surface area contributed by atoms with E-state index in [1.807, 2.05) is 45.9 Å². The predicted octanol–water partition coefficient (Wildman–Crippen LogP) is 6.67. The van der Waals surface area contributed by atoms with Gasteiger partial charge in [0.25, 0.3) is 0 Å². The fourth-order valence-electron chi connectivity index (χ4n) is 2.92. The van der Waals surface area contributed by atoms with Gasteiger partial charge in [-0.3, -0.25) is 0 Å². The first-order valence-corrected chi connectivity index (χ1v) is 8.61. The third kappa shape index (κ3) is 4.19. The van der Waals surface area contributed by atoms with Crippen LogP contribution in [0.5, 0.6) is 0 Å². The molecule has 2 aromatic rings. The molecule has 1 atom stereocenters. The van der Waals surface area contributed by atoms with E-state index in [9.17, 15) is 4.39 Å². The monoisotopic (exact) mass is 300 g/mol. The van der Waals surface area contributed by atoms with Gasteiger partial charge in [0.15, 0.2) is 0 Å². The Bertz CT molecular complexity index is 572. The summed E-state index contributed by atoms with van der Waals surface area (Å²) in [6.45, 7) is 10.3. The highest BCUT2D eigenvalue weighted by atomic mass is 19.1. The van der Waals surface area contributed by atoms with E-state index in [0.717, 1.165) is 29.9 Å². The van der Waals surface area contributed by atoms with Crippen LogP contribution in [-0.4, -0.2) is 0 Å². The lowest BCUT2D eigenvalue weighted by atomic mass is 9.81. The van der Waals surface area contributed by atoms with Crippen LogP contribution < -0.4 is 0 Å². The maximum atomic E-state index is 13.9. The molecule has 22 heavy (non-hydrogen) atoms. The molecular weight excluding hydrogens is 271 g/mol. The van der Waals surface area contributed by atoms with Crippen LogP contribution in [0.4, 0.5) is 4.39 Å². The maximum Gasteiger partial charge on any atom is 0.131 e. The van der Waals surface area contributed by atoms with Gasteiger partial charge < -0.3 is 0 Å². The van der Waals surface area contributed by atoms with Crippen molar-refractivity contribution in [2.75, 3.05) is 0 Å². The third-order valence-corrected chi connectivity index (χ3v) is 3.89. The van der Waals surface area contributed by atoms with Crippen molar-refractivity contribution >= 4 is 0 Å². The lowest BCUT2D eigenvalue weighted by Gasteiger charge is -2.24. The Morgan fingerprint density at radius 2 is 1.50 bits per heavy atom. The van der Waals surface area contributed by atoms with Crippen molar-refractivity contribution in [1.82, 2.24) is 0 Å². The Hall–Kier alpha value is -1.63. The molecule has 2 aromatic carbocycles. The molecule has 0 spiro atoms. The molecule has 0 aliphatic heterocycles. The number of hydrogen-bond donors (Lipinski definition) is 0. The fourth-order valence-corrected chi connectivity index (χ4v) is 2.92. The van der Waals surface area contributed by atoms with E-state index in [1.54, 1.807) is 12.1 Å². The molecule has 0 fully saturated rings. The van der Waals surface area contributed by atoms with Gasteiger partial charge in [-0.25, -0.2) is 4.39 Å². The number of rotatable bonds is 1. The van der Waals surface area contributed by atoms with Crippen LogP contribution in [0.3, 0.4) is 0 Å². The standard InChI is InChI=1S/C17H17F.2C2H6/c1-12-9-10-14-13(11-12)5-4-7-15(14)16-6-2-3-8-17(16)18;2*1-2/h2-8,12H,9-11H2,1H3;2*1-2H3. The summed E-state index contributed by atoms with van der Waals surface area (Å²) in [4.78, 5) is 0. The van der Waals surface area contributed by atoms with E-state index < -0.39 is 0 Å². The van der Waals surface area contributed by atoms with Gasteiger partial charge >= 0.3 is 0 Å². The molecule has 0 heterocycles. The average molecular weight is 300 g/mol. The quantitative estimate of drug-likeness (QED) is 0.551. The minimum atomic E-state index is -0.121. The van der Waals surface area contributed by atoms with Crippen LogP contribution in [0, 0.1) is 11.7 Å². The molecule has 0 N–H and O–H groups in total. The Kier molecular flexibility index (Phi) is 7.87. The minimum Gasteiger partial charge on any atom is -0.206 e. The topological polar surface area (TPSA) is 0 Å². The average Bonchev–Trinajstić information content (AvgIpc) is 2.58. The Labute approximate surface area is 135 Å². The molecule has 0 amide bonds. The molecular formula is C21H29F. The number of benzene rings is 2. The third-order valence-electron chi connectivity index (χ3n) is 3.89. The summed E-state index contributed by atoms with van der Waals surface area (Å²) in [7, 11) is 0. The first-order valence-electron chi connectivity index (χ1n) is 8.61. The Morgan fingerprint density at radius 3 is 2.18 bits per heavy atom. The molecule has 120 valence electrons. The van der Waals surface area contributed by atoms with Crippen molar-refractivity contribution in [2.45, 2.75) is 53.9 Å². The predicted molar refractivity (Wildman–Crippen MR) is 95.7 cm³/mol. The second-order valence-corrected chi connectivity index (χ2v) is 5.27. The van der Waals surface area contributed by atoms with Gasteiger partial charge in [0, 0.05) is 5.56 Å². The van der Waals surface area contributed by atoms with Gasteiger partial charge in [0.1, 0.15) is 5.82 Å². The van der Waals surface area contributed by atoms with Crippen molar-refractivity contribution < 1.29 is 4.39 Å². The molecule has 0 bridgehead atoms. The number of halogens is 1. The summed E-state index contributed by atoms with van der Waals surface area (Å²) in [5.41, 5.74) is 4.57. The fraction of sp³-hybridized carbons (Fsp3) is 0.429. The van der Waals surface area contributed by atoms with Gasteiger partial charge in [-0.2, -0.15) is 0 Å². The number of fused-ring (bicyclic) bond motifs is 1. The first kappa shape index (κ1) is 18.4. The summed E-state index contributed by atoms with van der Waals surface area (Å²) in [5.74, 6) is 0.623. The van der Waals surface area contributed by atoms with E-state index in [4.69, 9.17) is 0 Å². The van der Waals surface area contributed by atoms with E-state index in [2.05, 4.69) is 19.1 Å². The maximum absolute atomic E-state index is 13.9. The molecule has 0 saturated heterocycles. The van der Waals surface area contributed by atoms with Crippen LogP contribution in [0.15, 0.2) is 42.5 Å². The highest BCUT2D eigenvalue weighted by Crippen LogP contribution is 2.34. The molecule has 0 saturated carbocycles. The summed E-state index contributed by atoms with van der Waals surface area (Å²) < 4.78 is 13.9. The van der Waals surface area contributed by atoms with Gasteiger partial charge in [0.2, 0.25) is 0 Å². The first-order chi connectivity index (χ1) is 10.8. The summed E-state index contributed by atoms with van der Waals surface area (Å²) in [6.07, 6.45) is 3.40. The molecule has 1 heteroatoms. The van der Waals surface area contributed by atoms with Crippen molar-refractivity contribution in [2.24, 2.45) is 5.92 Å². The van der Waals surface area contributed by atoms with Gasteiger partial charge in [-0.15, -0.1) is 0 Å². The second-order valence-electron chi connectivity index (χ2n) is 5.27. The van der Waals surface area contributed by atoms with E-state index in [0.29, 0.717) is 0 Å². The van der Waals surface area contributed by atoms with Crippen molar-refractivity contribution in [3.63, 3.8) is 0 Å². The highest BCUT2D eigenvalue weighted by Gasteiger charge is 2.19. The molecule has 0 radical (unpaired) electrons. The van der Waals surface area contributed by atoms with Crippen LogP contribution in [-0.2, 0) is 12.8 Å². The zero-order valence-corrected chi connectivity index (χ0v) is 14.6. The van der Waals surface area contributed by atoms with E-state index >= 15 is 0 Å². The summed E-state index contributed by atoms with van der Waals surface area (Å²) in [5, 5.41) is 0. The molecule has 0 nitrogen and oxygen atoms in total. The number of hydrogen-bond acceptors (Lipinski definition) is 0. The molecule has 3 rings (SSSR count). The van der Waals surface area contributed by atoms with Gasteiger partial charge in [-0.05, 0) is 47.9 Å². The van der Waals surface area contributed by atoms with Gasteiger partial charge in [0.05, 0.1) is 0 Å². The highest BCUT2D eigenvalue weighted by molar-refractivity contribution is 5.69. The largest absolute Gasteiger partial charge is 0.206 e. The van der Waals surface area contributed by atoms with Crippen molar-refractivity contribution in [3.05, 3.63) is 59.4 Å². The van der Waals surface area contributed by atoms with E-state index in [-0.39, 0.29) is 5.82 Å². The molecule has 1 unspecified atom stereocenters. The lowest BCUT2D eigenvalue weighted by molar-refractivity contribution is 0.501. The zero-order valence-electron chi connectivity index (χ0n) is 14.6. The molecule has 1 aliphatic carbocycles. The van der Waals surface area contributed by atoms with Crippen molar-refractivity contribution in [3.8, 4) is 11.1 Å². The second kappa shape index (κ2) is 9.40. The summed E-state index contributed by atoms with van der Waals surface area (Å²) in [6, 6.07) is 13.4. The van der Waals surface area contributed by atoms with Crippen LogP contribution >= 0.6 is 0 Å². The van der Waals surface area contributed by atoms with Crippen LogP contribution in [0.1, 0.15) is 52.2 Å². The van der Waals surface area contributed by atoms with Crippen LogP contribution in [0.2, 0.25) is 0 Å². The lowest BCUT2D eigenvalue weighted by Crippen LogP contribution is -2.12. The zero-order chi connectivity index (χ0) is 16.5. The SMILES string of the molecule is CC.CC.CC1CCc2c(cccc2-c2ccccc2F)C1. The minimum absolute atomic E-state index is 0.121. The summed E-state index contributed by atoms with van der Waals surface area (Å²) >= 11 is 0. The van der Waals surface area contributed by atoms with Crippen molar-refractivity contribution in [1.29, 1.82) is 0 Å². The normalized spacial score (nSPS) is 15.6. The molecule has 0 aromatic heterocycles. The van der Waals surface area contributed by atoms with Crippen LogP contribution in [0.25, 0.3) is 11.1 Å². The molecule has 1 aliphatic rings. The van der Waals surface area contributed by atoms with E-state index in [1.165, 1.54) is 17.5 Å².